The van der Waals surface area contributed by atoms with Gasteiger partial charge >= 0.3 is 0 Å². The molecule has 3 rings (SSSR count). The molecule has 4 nitrogen and oxygen atoms in total. The molecule has 0 unspecified atom stereocenters. The predicted octanol–water partition coefficient (Wildman–Crippen LogP) is 4.70. The van der Waals surface area contributed by atoms with E-state index in [-0.39, 0.29) is 17.9 Å². The molecule has 0 spiro atoms. The van der Waals surface area contributed by atoms with E-state index < -0.39 is 0 Å². The quantitative estimate of drug-likeness (QED) is 0.785. The van der Waals surface area contributed by atoms with E-state index in [2.05, 4.69) is 10.6 Å². The molecule has 1 fully saturated rings. The molecule has 4 heteroatoms. The summed E-state index contributed by atoms with van der Waals surface area (Å²) in [5, 5.41) is 6.00. The summed E-state index contributed by atoms with van der Waals surface area (Å²) < 4.78 is 0. The van der Waals surface area contributed by atoms with Gasteiger partial charge in [0, 0.05) is 22.9 Å². The van der Waals surface area contributed by atoms with Gasteiger partial charge in [-0.15, -0.1) is 0 Å². The van der Waals surface area contributed by atoms with Gasteiger partial charge < -0.3 is 10.6 Å². The van der Waals surface area contributed by atoms with E-state index in [9.17, 15) is 9.59 Å². The fourth-order valence-corrected chi connectivity index (χ4v) is 3.33. The molecule has 0 saturated heterocycles. The van der Waals surface area contributed by atoms with Crippen molar-refractivity contribution in [2.24, 2.45) is 0 Å². The highest BCUT2D eigenvalue weighted by molar-refractivity contribution is 6.06. The summed E-state index contributed by atoms with van der Waals surface area (Å²) in [7, 11) is 0. The van der Waals surface area contributed by atoms with Crippen molar-refractivity contribution in [3.63, 3.8) is 0 Å². The van der Waals surface area contributed by atoms with Crippen molar-refractivity contribution in [2.45, 2.75) is 51.5 Å². The highest BCUT2D eigenvalue weighted by atomic mass is 16.2. The number of rotatable bonds is 4. The van der Waals surface area contributed by atoms with Crippen LogP contribution in [0.5, 0.6) is 0 Å². The minimum absolute atomic E-state index is 0.0955. The summed E-state index contributed by atoms with van der Waals surface area (Å²) >= 11 is 0. The van der Waals surface area contributed by atoms with Crippen LogP contribution in [0.4, 0.5) is 5.69 Å². The molecule has 2 aromatic rings. The first-order valence-electron chi connectivity index (χ1n) is 9.41. The second kappa shape index (κ2) is 8.65. The molecule has 0 heterocycles. The number of anilines is 1. The fourth-order valence-electron chi connectivity index (χ4n) is 3.33. The average molecular weight is 350 g/mol. The molecule has 1 aliphatic carbocycles. The van der Waals surface area contributed by atoms with Crippen LogP contribution in [0.15, 0.2) is 48.5 Å². The van der Waals surface area contributed by atoms with Gasteiger partial charge in [0.1, 0.15) is 0 Å². The number of amides is 2. The number of carbonyl (C=O) groups is 2. The maximum absolute atomic E-state index is 12.6. The number of nitrogens with one attached hydrogen (secondary N) is 2. The normalized spacial score (nSPS) is 15.1. The second-order valence-electron chi connectivity index (χ2n) is 7.06. The van der Waals surface area contributed by atoms with Gasteiger partial charge in [0.05, 0.1) is 0 Å². The Balaban J connectivity index is 1.65. The molecule has 0 atom stereocenters. The first-order chi connectivity index (χ1) is 12.6. The van der Waals surface area contributed by atoms with Crippen LogP contribution in [-0.4, -0.2) is 17.9 Å². The molecule has 2 aromatic carbocycles. The van der Waals surface area contributed by atoms with Crippen molar-refractivity contribution in [1.29, 1.82) is 0 Å². The van der Waals surface area contributed by atoms with Gasteiger partial charge in [0.15, 0.2) is 0 Å². The maximum Gasteiger partial charge on any atom is 0.255 e. The molecule has 26 heavy (non-hydrogen) atoms. The topological polar surface area (TPSA) is 58.2 Å². The van der Waals surface area contributed by atoms with Gasteiger partial charge in [-0.25, -0.2) is 0 Å². The Hall–Kier alpha value is -2.62. The summed E-state index contributed by atoms with van der Waals surface area (Å²) in [5.74, 6) is -0.306. The Morgan fingerprint density at radius 1 is 0.846 bits per heavy atom. The molecular weight excluding hydrogens is 324 g/mol. The first kappa shape index (κ1) is 18.2. The van der Waals surface area contributed by atoms with Crippen molar-refractivity contribution in [2.75, 3.05) is 5.32 Å². The summed E-state index contributed by atoms with van der Waals surface area (Å²) in [6.07, 6.45) is 6.93. The fraction of sp³-hybridized carbons (Fsp3) is 0.364. The standard InChI is InChI=1S/C22H26N2O2/c1-16-11-13-20(14-12-16)24-22(26)18-8-6-7-17(15-18)21(25)23-19-9-4-2-3-5-10-19/h6-8,11-15,19H,2-5,9-10H2,1H3,(H,23,25)(H,24,26). The molecule has 1 aliphatic rings. The SMILES string of the molecule is Cc1ccc(NC(=O)c2cccc(C(=O)NC3CCCCCC3)c2)cc1. The van der Waals surface area contributed by atoms with E-state index in [1.54, 1.807) is 24.3 Å². The molecule has 136 valence electrons. The van der Waals surface area contributed by atoms with E-state index in [1.807, 2.05) is 31.2 Å². The van der Waals surface area contributed by atoms with E-state index in [0.29, 0.717) is 11.1 Å². The van der Waals surface area contributed by atoms with Crippen LogP contribution in [0.25, 0.3) is 0 Å². The number of carbonyl (C=O) groups excluding carboxylic acids is 2. The van der Waals surface area contributed by atoms with E-state index >= 15 is 0 Å². The lowest BCUT2D eigenvalue weighted by atomic mass is 10.1. The van der Waals surface area contributed by atoms with Gasteiger partial charge in [0.2, 0.25) is 0 Å². The van der Waals surface area contributed by atoms with Gasteiger partial charge in [-0.05, 0) is 50.1 Å². The van der Waals surface area contributed by atoms with Crippen molar-refractivity contribution in [3.8, 4) is 0 Å². The zero-order valence-electron chi connectivity index (χ0n) is 15.3. The lowest BCUT2D eigenvalue weighted by molar-refractivity contribution is 0.0933. The van der Waals surface area contributed by atoms with Gasteiger partial charge in [-0.3, -0.25) is 9.59 Å². The first-order valence-corrected chi connectivity index (χ1v) is 9.41. The highest BCUT2D eigenvalue weighted by Crippen LogP contribution is 2.18. The Morgan fingerprint density at radius 3 is 2.12 bits per heavy atom. The molecule has 0 aromatic heterocycles. The lowest BCUT2D eigenvalue weighted by Crippen LogP contribution is -2.34. The monoisotopic (exact) mass is 350 g/mol. The summed E-state index contributed by atoms with van der Waals surface area (Å²) in [6, 6.07) is 14.8. The van der Waals surface area contributed by atoms with E-state index in [4.69, 9.17) is 0 Å². The highest BCUT2D eigenvalue weighted by Gasteiger charge is 2.17. The minimum atomic E-state index is -0.210. The largest absolute Gasteiger partial charge is 0.349 e. The minimum Gasteiger partial charge on any atom is -0.349 e. The molecule has 0 aliphatic heterocycles. The zero-order chi connectivity index (χ0) is 18.4. The van der Waals surface area contributed by atoms with Crippen LogP contribution in [0.2, 0.25) is 0 Å². The summed E-state index contributed by atoms with van der Waals surface area (Å²) in [4.78, 5) is 25.0. The van der Waals surface area contributed by atoms with Crippen molar-refractivity contribution >= 4 is 17.5 Å². The van der Waals surface area contributed by atoms with Crippen molar-refractivity contribution in [3.05, 3.63) is 65.2 Å². The average Bonchev–Trinajstić information content (AvgIpc) is 2.92. The third-order valence-electron chi connectivity index (χ3n) is 4.89. The van der Waals surface area contributed by atoms with Gasteiger partial charge in [-0.1, -0.05) is 49.4 Å². The Kier molecular flexibility index (Phi) is 6.05. The Labute approximate surface area is 155 Å². The third-order valence-corrected chi connectivity index (χ3v) is 4.89. The number of hydrogen-bond donors (Lipinski definition) is 2. The van der Waals surface area contributed by atoms with Crippen LogP contribution in [0.1, 0.15) is 64.8 Å². The number of aryl methyl sites for hydroxylation is 1. The van der Waals surface area contributed by atoms with Crippen molar-refractivity contribution < 1.29 is 9.59 Å². The number of hydrogen-bond acceptors (Lipinski definition) is 2. The van der Waals surface area contributed by atoms with E-state index in [0.717, 1.165) is 24.1 Å². The molecule has 2 amide bonds. The van der Waals surface area contributed by atoms with Crippen LogP contribution < -0.4 is 10.6 Å². The van der Waals surface area contributed by atoms with Gasteiger partial charge in [0.25, 0.3) is 11.8 Å². The van der Waals surface area contributed by atoms with Crippen LogP contribution >= 0.6 is 0 Å². The smallest absolute Gasteiger partial charge is 0.255 e. The second-order valence-corrected chi connectivity index (χ2v) is 7.06. The maximum atomic E-state index is 12.6. The van der Waals surface area contributed by atoms with Gasteiger partial charge in [-0.2, -0.15) is 0 Å². The van der Waals surface area contributed by atoms with Crippen LogP contribution in [0.3, 0.4) is 0 Å². The molecular formula is C22H26N2O2. The zero-order valence-corrected chi connectivity index (χ0v) is 15.3. The third kappa shape index (κ3) is 4.94. The van der Waals surface area contributed by atoms with Crippen LogP contribution in [0, 0.1) is 6.92 Å². The molecule has 0 radical (unpaired) electrons. The number of benzene rings is 2. The summed E-state index contributed by atoms with van der Waals surface area (Å²) in [5.41, 5.74) is 2.90. The predicted molar refractivity (Wildman–Crippen MR) is 105 cm³/mol. The Morgan fingerprint density at radius 2 is 1.46 bits per heavy atom. The van der Waals surface area contributed by atoms with Crippen molar-refractivity contribution in [1.82, 2.24) is 5.32 Å². The molecule has 2 N–H and O–H groups in total. The Bertz CT molecular complexity index is 760. The molecule has 0 bridgehead atoms. The molecule has 1 saturated carbocycles. The lowest BCUT2D eigenvalue weighted by Gasteiger charge is -2.16. The summed E-state index contributed by atoms with van der Waals surface area (Å²) in [6.45, 7) is 2.00. The van der Waals surface area contributed by atoms with Crippen LogP contribution in [-0.2, 0) is 0 Å². The van der Waals surface area contributed by atoms with E-state index in [1.165, 1.54) is 25.7 Å².